The lowest BCUT2D eigenvalue weighted by Crippen LogP contribution is -2.29. The average molecular weight is 404 g/mol. The predicted octanol–water partition coefficient (Wildman–Crippen LogP) is 4.15. The summed E-state index contributed by atoms with van der Waals surface area (Å²) in [6, 6.07) is 15.8. The van der Waals surface area contributed by atoms with E-state index in [1.165, 1.54) is 11.3 Å². The number of hydrogen-bond donors (Lipinski definition) is 2. The molecule has 0 atom stereocenters. The Balaban J connectivity index is 1.36. The van der Waals surface area contributed by atoms with Crippen molar-refractivity contribution in [3.8, 4) is 0 Å². The van der Waals surface area contributed by atoms with Crippen LogP contribution in [-0.4, -0.2) is 28.2 Å². The lowest BCUT2D eigenvalue weighted by atomic mass is 10.0. The molecule has 6 heteroatoms. The number of benzene rings is 1. The molecule has 0 saturated carbocycles. The minimum absolute atomic E-state index is 0.0310. The van der Waals surface area contributed by atoms with Gasteiger partial charge >= 0.3 is 0 Å². The Morgan fingerprint density at radius 2 is 1.90 bits per heavy atom. The van der Waals surface area contributed by atoms with E-state index in [1.54, 1.807) is 6.20 Å². The Labute approximate surface area is 172 Å². The van der Waals surface area contributed by atoms with Crippen molar-refractivity contribution in [2.24, 2.45) is 0 Å². The maximum absolute atomic E-state index is 12.6. The van der Waals surface area contributed by atoms with Crippen LogP contribution in [0.5, 0.6) is 0 Å². The van der Waals surface area contributed by atoms with Gasteiger partial charge in [0.2, 0.25) is 0 Å². The number of carbonyl (C=O) groups excluding carboxylic acids is 2. The third kappa shape index (κ3) is 4.60. The van der Waals surface area contributed by atoms with Gasteiger partial charge in [0.25, 0.3) is 5.91 Å². The van der Waals surface area contributed by atoms with Gasteiger partial charge < -0.3 is 10.3 Å². The second-order valence-electron chi connectivity index (χ2n) is 6.87. The SMILES string of the molecule is O=C(CCc1ccccc1)CNC(=O)c1sccc1Cc1ccnc2[nH]ccc12. The van der Waals surface area contributed by atoms with E-state index in [2.05, 4.69) is 15.3 Å². The molecule has 4 rings (SSSR count). The number of rotatable bonds is 8. The van der Waals surface area contributed by atoms with E-state index in [0.29, 0.717) is 24.1 Å². The Morgan fingerprint density at radius 1 is 1.03 bits per heavy atom. The van der Waals surface area contributed by atoms with Crippen molar-refractivity contribution in [1.29, 1.82) is 0 Å². The van der Waals surface area contributed by atoms with Crippen molar-refractivity contribution in [3.05, 3.63) is 87.9 Å². The molecular weight excluding hydrogens is 382 g/mol. The summed E-state index contributed by atoms with van der Waals surface area (Å²) in [7, 11) is 0. The quantitative estimate of drug-likeness (QED) is 0.464. The molecule has 0 saturated heterocycles. The number of nitrogens with one attached hydrogen (secondary N) is 2. The van der Waals surface area contributed by atoms with Gasteiger partial charge in [-0.05, 0) is 53.1 Å². The summed E-state index contributed by atoms with van der Waals surface area (Å²) >= 11 is 1.40. The molecule has 0 bridgehead atoms. The number of pyridine rings is 1. The molecule has 0 aliphatic carbocycles. The highest BCUT2D eigenvalue weighted by molar-refractivity contribution is 7.12. The average Bonchev–Trinajstić information content (AvgIpc) is 3.41. The summed E-state index contributed by atoms with van der Waals surface area (Å²) in [6.45, 7) is 0.0559. The normalized spacial score (nSPS) is 10.9. The van der Waals surface area contributed by atoms with Crippen LogP contribution in [0.3, 0.4) is 0 Å². The van der Waals surface area contributed by atoms with Crippen molar-refractivity contribution < 1.29 is 9.59 Å². The third-order valence-electron chi connectivity index (χ3n) is 4.87. The Bertz CT molecular complexity index is 1130. The van der Waals surface area contributed by atoms with Gasteiger partial charge in [-0.3, -0.25) is 9.59 Å². The lowest BCUT2D eigenvalue weighted by molar-refractivity contribution is -0.118. The summed E-state index contributed by atoms with van der Waals surface area (Å²) in [5.41, 5.74) is 4.04. The Hall–Kier alpha value is -3.25. The molecule has 2 N–H and O–H groups in total. The number of fused-ring (bicyclic) bond motifs is 1. The van der Waals surface area contributed by atoms with E-state index in [-0.39, 0.29) is 18.2 Å². The van der Waals surface area contributed by atoms with Crippen molar-refractivity contribution in [2.45, 2.75) is 19.3 Å². The minimum Gasteiger partial charge on any atom is -0.346 e. The van der Waals surface area contributed by atoms with Gasteiger partial charge in [-0.25, -0.2) is 4.98 Å². The fraction of sp³-hybridized carbons (Fsp3) is 0.174. The molecule has 1 aromatic carbocycles. The fourth-order valence-electron chi connectivity index (χ4n) is 3.33. The third-order valence-corrected chi connectivity index (χ3v) is 5.82. The van der Waals surface area contributed by atoms with Gasteiger partial charge in [-0.2, -0.15) is 0 Å². The molecule has 146 valence electrons. The van der Waals surface area contributed by atoms with Gasteiger partial charge in [0.15, 0.2) is 5.78 Å². The monoisotopic (exact) mass is 403 g/mol. The second-order valence-corrected chi connectivity index (χ2v) is 7.78. The van der Waals surface area contributed by atoms with Gasteiger partial charge in [0.05, 0.1) is 11.4 Å². The van der Waals surface area contributed by atoms with E-state index < -0.39 is 0 Å². The largest absolute Gasteiger partial charge is 0.346 e. The number of hydrogen-bond acceptors (Lipinski definition) is 4. The zero-order valence-electron chi connectivity index (χ0n) is 15.9. The first-order valence-electron chi connectivity index (χ1n) is 9.52. The van der Waals surface area contributed by atoms with Gasteiger partial charge in [-0.1, -0.05) is 30.3 Å². The van der Waals surface area contributed by atoms with Gasteiger partial charge in [0, 0.05) is 24.2 Å². The molecule has 3 heterocycles. The maximum atomic E-state index is 12.6. The molecule has 5 nitrogen and oxygen atoms in total. The predicted molar refractivity (Wildman–Crippen MR) is 115 cm³/mol. The van der Waals surface area contributed by atoms with Crippen LogP contribution in [0, 0.1) is 0 Å². The molecule has 4 aromatic rings. The Morgan fingerprint density at radius 3 is 2.76 bits per heavy atom. The number of aromatic amines is 1. The minimum atomic E-state index is -0.192. The number of thiophene rings is 1. The molecular formula is C23H21N3O2S. The first kappa shape index (κ1) is 19.1. The smallest absolute Gasteiger partial charge is 0.262 e. The summed E-state index contributed by atoms with van der Waals surface area (Å²) in [5.74, 6) is -0.161. The van der Waals surface area contributed by atoms with Crippen LogP contribution < -0.4 is 5.32 Å². The van der Waals surface area contributed by atoms with E-state index in [9.17, 15) is 9.59 Å². The van der Waals surface area contributed by atoms with Crippen molar-refractivity contribution in [2.75, 3.05) is 6.54 Å². The van der Waals surface area contributed by atoms with Crippen molar-refractivity contribution >= 4 is 34.1 Å². The van der Waals surface area contributed by atoms with Crippen molar-refractivity contribution in [3.63, 3.8) is 0 Å². The van der Waals surface area contributed by atoms with Crippen LogP contribution in [0.15, 0.2) is 66.3 Å². The highest BCUT2D eigenvalue weighted by atomic mass is 32.1. The second kappa shape index (κ2) is 8.84. The fourth-order valence-corrected chi connectivity index (χ4v) is 4.17. The van der Waals surface area contributed by atoms with Gasteiger partial charge in [-0.15, -0.1) is 11.3 Å². The highest BCUT2D eigenvalue weighted by Gasteiger charge is 2.15. The molecule has 0 aliphatic rings. The number of aromatic nitrogens is 2. The molecule has 0 spiro atoms. The van der Waals surface area contributed by atoms with Gasteiger partial charge in [0.1, 0.15) is 5.65 Å². The van der Waals surface area contributed by atoms with Crippen LogP contribution in [-0.2, 0) is 17.6 Å². The van der Waals surface area contributed by atoms with Crippen LogP contribution in [0.2, 0.25) is 0 Å². The first-order valence-corrected chi connectivity index (χ1v) is 10.4. The molecule has 3 aromatic heterocycles. The van der Waals surface area contributed by atoms with E-state index >= 15 is 0 Å². The number of nitrogens with zero attached hydrogens (tertiary/aromatic N) is 1. The van der Waals surface area contributed by atoms with Crippen LogP contribution >= 0.6 is 11.3 Å². The zero-order chi connectivity index (χ0) is 20.1. The van der Waals surface area contributed by atoms with Crippen LogP contribution in [0.25, 0.3) is 11.0 Å². The van der Waals surface area contributed by atoms with Crippen LogP contribution in [0.4, 0.5) is 0 Å². The number of amides is 1. The summed E-state index contributed by atoms with van der Waals surface area (Å²) in [6.07, 6.45) is 5.39. The molecule has 0 radical (unpaired) electrons. The van der Waals surface area contributed by atoms with E-state index in [0.717, 1.165) is 27.7 Å². The summed E-state index contributed by atoms with van der Waals surface area (Å²) in [4.78, 5) is 32.9. The number of ketones is 1. The molecule has 0 aliphatic heterocycles. The van der Waals surface area contributed by atoms with E-state index in [1.807, 2.05) is 60.1 Å². The number of aryl methyl sites for hydroxylation is 1. The molecule has 29 heavy (non-hydrogen) atoms. The molecule has 0 unspecified atom stereocenters. The maximum Gasteiger partial charge on any atom is 0.262 e. The van der Waals surface area contributed by atoms with Crippen molar-refractivity contribution in [1.82, 2.24) is 15.3 Å². The zero-order valence-corrected chi connectivity index (χ0v) is 16.7. The molecule has 0 fully saturated rings. The summed E-state index contributed by atoms with van der Waals surface area (Å²) < 4.78 is 0. The first-order chi connectivity index (χ1) is 14.2. The summed E-state index contributed by atoms with van der Waals surface area (Å²) in [5, 5.41) is 5.75. The number of Topliss-reactive ketones (excluding diaryl/α,β-unsaturated/α-hetero) is 1. The number of carbonyl (C=O) groups is 2. The van der Waals surface area contributed by atoms with E-state index in [4.69, 9.17) is 0 Å². The highest BCUT2D eigenvalue weighted by Crippen LogP contribution is 2.24. The number of H-pyrrole nitrogens is 1. The Kier molecular flexibility index (Phi) is 5.81. The van der Waals surface area contributed by atoms with Crippen LogP contribution in [0.1, 0.15) is 32.8 Å². The lowest BCUT2D eigenvalue weighted by Gasteiger charge is -2.07. The topological polar surface area (TPSA) is 74.8 Å². The molecule has 1 amide bonds. The standard InChI is InChI=1S/C23H21N3O2S/c27-19(7-6-16-4-2-1-3-5-16)15-26-23(28)21-18(10-13-29-21)14-17-8-11-24-22-20(17)9-12-25-22/h1-5,8-13H,6-7,14-15H2,(H,24,25)(H,26,28).